The molecule has 0 atom stereocenters. The van der Waals surface area contributed by atoms with Gasteiger partial charge in [-0.1, -0.05) is 25.0 Å². The first-order chi connectivity index (χ1) is 5.64. The first-order valence-corrected chi connectivity index (χ1v) is 4.70. The van der Waals surface area contributed by atoms with E-state index in [-0.39, 0.29) is 12.8 Å². The Kier molecular flexibility index (Phi) is 3.24. The highest BCUT2D eigenvalue weighted by Crippen LogP contribution is 2.35. The van der Waals surface area contributed by atoms with Gasteiger partial charge in [0.05, 0.1) is 0 Å². The van der Waals surface area contributed by atoms with Crippen molar-refractivity contribution in [2.24, 2.45) is 0 Å². The molecule has 0 aromatic heterocycles. The van der Waals surface area contributed by atoms with Crippen molar-refractivity contribution in [2.45, 2.75) is 51.4 Å². The fourth-order valence-corrected chi connectivity index (χ4v) is 1.49. The minimum atomic E-state index is -2.39. The van der Waals surface area contributed by atoms with Gasteiger partial charge in [0.25, 0.3) is 0 Å². The van der Waals surface area contributed by atoms with E-state index in [1.54, 1.807) is 0 Å². The second-order valence-corrected chi connectivity index (χ2v) is 3.51. The van der Waals surface area contributed by atoms with Crippen molar-refractivity contribution in [2.75, 3.05) is 0 Å². The number of hydrogen-bond donors (Lipinski definition) is 0. The van der Waals surface area contributed by atoms with E-state index in [2.05, 4.69) is 13.0 Å². The first-order valence-electron chi connectivity index (χ1n) is 4.70. The molecule has 0 unspecified atom stereocenters. The third-order valence-electron chi connectivity index (χ3n) is 2.35. The molecule has 0 spiro atoms. The Morgan fingerprint density at radius 1 is 1.33 bits per heavy atom. The van der Waals surface area contributed by atoms with E-state index < -0.39 is 5.92 Å². The molecule has 0 radical (unpaired) electrons. The summed E-state index contributed by atoms with van der Waals surface area (Å²) in [6.45, 7) is 2.11. The van der Waals surface area contributed by atoms with Crippen molar-refractivity contribution >= 4 is 0 Å². The molecule has 0 N–H and O–H groups in total. The number of unbranched alkanes of at least 4 members (excludes halogenated alkanes) is 1. The second kappa shape index (κ2) is 4.01. The zero-order valence-corrected chi connectivity index (χ0v) is 7.58. The molecular weight excluding hydrogens is 158 g/mol. The van der Waals surface area contributed by atoms with Gasteiger partial charge < -0.3 is 0 Å². The zero-order valence-electron chi connectivity index (χ0n) is 7.58. The van der Waals surface area contributed by atoms with Crippen LogP contribution in [0.3, 0.4) is 0 Å². The van der Waals surface area contributed by atoms with E-state index in [0.717, 1.165) is 12.8 Å². The summed E-state index contributed by atoms with van der Waals surface area (Å²) in [7, 11) is 0. The molecule has 0 amide bonds. The van der Waals surface area contributed by atoms with E-state index in [9.17, 15) is 8.78 Å². The Bertz CT molecular complexity index is 159. The molecular formula is C10H16F2. The van der Waals surface area contributed by atoms with Gasteiger partial charge in [-0.15, -0.1) is 0 Å². The van der Waals surface area contributed by atoms with Gasteiger partial charge in [-0.3, -0.25) is 0 Å². The van der Waals surface area contributed by atoms with Gasteiger partial charge in [0.1, 0.15) is 0 Å². The van der Waals surface area contributed by atoms with Crippen LogP contribution in [0.1, 0.15) is 45.4 Å². The molecule has 0 bridgehead atoms. The highest BCUT2D eigenvalue weighted by Gasteiger charge is 2.32. The lowest BCUT2D eigenvalue weighted by atomic mass is 9.91. The maximum absolute atomic E-state index is 12.7. The number of alkyl halides is 2. The van der Waals surface area contributed by atoms with Crippen LogP contribution in [0.2, 0.25) is 0 Å². The molecule has 0 saturated heterocycles. The summed E-state index contributed by atoms with van der Waals surface area (Å²) in [5, 5.41) is 0. The van der Waals surface area contributed by atoms with Crippen LogP contribution in [0.4, 0.5) is 8.78 Å². The topological polar surface area (TPSA) is 0 Å². The van der Waals surface area contributed by atoms with E-state index in [1.807, 2.05) is 0 Å². The second-order valence-electron chi connectivity index (χ2n) is 3.51. The zero-order chi connectivity index (χ0) is 9.03. The Morgan fingerprint density at radius 3 is 2.42 bits per heavy atom. The van der Waals surface area contributed by atoms with Crippen molar-refractivity contribution in [1.29, 1.82) is 0 Å². The van der Waals surface area contributed by atoms with Gasteiger partial charge in [-0.05, 0) is 19.3 Å². The third-order valence-corrected chi connectivity index (χ3v) is 2.35. The summed E-state index contributed by atoms with van der Waals surface area (Å²) >= 11 is 0. The van der Waals surface area contributed by atoms with Crippen LogP contribution >= 0.6 is 0 Å². The van der Waals surface area contributed by atoms with Crippen molar-refractivity contribution in [3.8, 4) is 0 Å². The SMILES string of the molecule is CCCC=C1CCC(F)(F)CC1. The van der Waals surface area contributed by atoms with E-state index in [4.69, 9.17) is 0 Å². The normalized spacial score (nSPS) is 22.4. The summed E-state index contributed by atoms with van der Waals surface area (Å²) < 4.78 is 25.3. The molecule has 1 rings (SSSR count). The summed E-state index contributed by atoms with van der Waals surface area (Å²) in [6, 6.07) is 0. The summed E-state index contributed by atoms with van der Waals surface area (Å²) in [5.74, 6) is -2.39. The number of halogens is 2. The average Bonchev–Trinajstić information content (AvgIpc) is 2.03. The summed E-state index contributed by atoms with van der Waals surface area (Å²) in [5.41, 5.74) is 1.24. The molecule has 1 aliphatic rings. The van der Waals surface area contributed by atoms with Gasteiger partial charge in [-0.2, -0.15) is 0 Å². The lowest BCUT2D eigenvalue weighted by Crippen LogP contribution is -2.20. The lowest BCUT2D eigenvalue weighted by Gasteiger charge is -2.23. The molecule has 1 fully saturated rings. The number of allylic oxidation sites excluding steroid dienone is 2. The molecule has 12 heavy (non-hydrogen) atoms. The molecule has 0 aliphatic heterocycles. The predicted octanol–water partition coefficient (Wildman–Crippen LogP) is 3.92. The molecule has 2 heteroatoms. The van der Waals surface area contributed by atoms with Crippen LogP contribution < -0.4 is 0 Å². The third kappa shape index (κ3) is 2.92. The summed E-state index contributed by atoms with van der Waals surface area (Å²) in [4.78, 5) is 0. The molecule has 0 heterocycles. The van der Waals surface area contributed by atoms with E-state index in [0.29, 0.717) is 12.8 Å². The quantitative estimate of drug-likeness (QED) is 0.556. The van der Waals surface area contributed by atoms with Crippen LogP contribution in [0, 0.1) is 0 Å². The first kappa shape index (κ1) is 9.69. The van der Waals surface area contributed by atoms with Crippen molar-refractivity contribution in [3.63, 3.8) is 0 Å². The predicted molar refractivity (Wildman–Crippen MR) is 46.4 cm³/mol. The minimum Gasteiger partial charge on any atom is -0.207 e. The maximum Gasteiger partial charge on any atom is 0.248 e. The van der Waals surface area contributed by atoms with Crippen molar-refractivity contribution in [3.05, 3.63) is 11.6 Å². The number of hydrogen-bond acceptors (Lipinski definition) is 0. The van der Waals surface area contributed by atoms with Crippen LogP contribution in [-0.2, 0) is 0 Å². The fourth-order valence-electron chi connectivity index (χ4n) is 1.49. The standard InChI is InChI=1S/C10H16F2/c1-2-3-4-9-5-7-10(11,12)8-6-9/h4H,2-3,5-8H2,1H3. The lowest BCUT2D eigenvalue weighted by molar-refractivity contribution is -0.0246. The monoisotopic (exact) mass is 174 g/mol. The molecule has 0 aromatic rings. The smallest absolute Gasteiger partial charge is 0.207 e. The Labute approximate surface area is 72.7 Å². The van der Waals surface area contributed by atoms with Crippen molar-refractivity contribution in [1.82, 2.24) is 0 Å². The molecule has 1 saturated carbocycles. The Hall–Kier alpha value is -0.400. The van der Waals surface area contributed by atoms with Gasteiger partial charge in [0.2, 0.25) is 5.92 Å². The molecule has 70 valence electrons. The Balaban J connectivity index is 2.35. The largest absolute Gasteiger partial charge is 0.248 e. The van der Waals surface area contributed by atoms with Crippen LogP contribution in [-0.4, -0.2) is 5.92 Å². The number of rotatable bonds is 2. The van der Waals surface area contributed by atoms with Crippen LogP contribution in [0.25, 0.3) is 0 Å². The molecule has 0 nitrogen and oxygen atoms in total. The molecule has 1 aliphatic carbocycles. The van der Waals surface area contributed by atoms with Gasteiger partial charge in [-0.25, -0.2) is 8.78 Å². The highest BCUT2D eigenvalue weighted by molar-refractivity contribution is 5.06. The van der Waals surface area contributed by atoms with Crippen LogP contribution in [0.5, 0.6) is 0 Å². The Morgan fingerprint density at radius 2 is 1.92 bits per heavy atom. The minimum absolute atomic E-state index is 0.0581. The average molecular weight is 174 g/mol. The molecule has 0 aromatic carbocycles. The fraction of sp³-hybridized carbons (Fsp3) is 0.800. The van der Waals surface area contributed by atoms with Gasteiger partial charge in [0.15, 0.2) is 0 Å². The van der Waals surface area contributed by atoms with E-state index in [1.165, 1.54) is 5.57 Å². The highest BCUT2D eigenvalue weighted by atomic mass is 19.3. The maximum atomic E-state index is 12.7. The van der Waals surface area contributed by atoms with Crippen LogP contribution in [0.15, 0.2) is 11.6 Å². The van der Waals surface area contributed by atoms with Gasteiger partial charge >= 0.3 is 0 Å². The van der Waals surface area contributed by atoms with Gasteiger partial charge in [0, 0.05) is 12.8 Å². The summed E-state index contributed by atoms with van der Waals surface area (Å²) in [6.07, 6.45) is 5.61. The van der Waals surface area contributed by atoms with Crippen molar-refractivity contribution < 1.29 is 8.78 Å². The van der Waals surface area contributed by atoms with E-state index >= 15 is 0 Å².